The van der Waals surface area contributed by atoms with Gasteiger partial charge in [0, 0.05) is 11.6 Å². The summed E-state index contributed by atoms with van der Waals surface area (Å²) in [5.74, 6) is -0.295. The number of nitrogens with one attached hydrogen (secondary N) is 1. The number of anilines is 1. The Balaban J connectivity index is 2.11. The average molecular weight is 379 g/mol. The summed E-state index contributed by atoms with van der Waals surface area (Å²) in [6.45, 7) is -0.0379. The summed E-state index contributed by atoms with van der Waals surface area (Å²) in [5, 5.41) is 7.10. The molecule has 0 aliphatic rings. The predicted octanol–water partition coefficient (Wildman–Crippen LogP) is 2.88. The Labute approximate surface area is 139 Å². The number of rotatable bonds is 4. The number of esters is 1. The fourth-order valence-corrected chi connectivity index (χ4v) is 2.45. The van der Waals surface area contributed by atoms with E-state index >= 15 is 0 Å². The predicted molar refractivity (Wildman–Crippen MR) is 86.6 cm³/mol. The van der Waals surface area contributed by atoms with Crippen molar-refractivity contribution >= 4 is 33.4 Å². The molecule has 6 nitrogen and oxygen atoms in total. The Morgan fingerprint density at radius 1 is 1.43 bits per heavy atom. The van der Waals surface area contributed by atoms with E-state index in [1.807, 2.05) is 0 Å². The molecular formula is C15H12BrFN4O2. The molecule has 8 heteroatoms. The van der Waals surface area contributed by atoms with Crippen molar-refractivity contribution in [1.82, 2.24) is 14.6 Å². The molecule has 0 saturated carbocycles. The Morgan fingerprint density at radius 2 is 2.22 bits per heavy atom. The number of halogens is 2. The van der Waals surface area contributed by atoms with Crippen LogP contribution >= 0.6 is 15.9 Å². The molecule has 3 aromatic rings. The summed E-state index contributed by atoms with van der Waals surface area (Å²) >= 11 is 3.36. The minimum atomic E-state index is -0.423. The van der Waals surface area contributed by atoms with E-state index in [2.05, 4.69) is 36.1 Å². The van der Waals surface area contributed by atoms with Gasteiger partial charge >= 0.3 is 5.97 Å². The van der Waals surface area contributed by atoms with Gasteiger partial charge in [-0.25, -0.2) is 9.37 Å². The van der Waals surface area contributed by atoms with Crippen molar-refractivity contribution < 1.29 is 13.9 Å². The highest BCUT2D eigenvalue weighted by Crippen LogP contribution is 2.27. The van der Waals surface area contributed by atoms with Gasteiger partial charge in [0.05, 0.1) is 23.5 Å². The molecule has 2 heterocycles. The van der Waals surface area contributed by atoms with Crippen LogP contribution in [0.15, 0.2) is 41.0 Å². The Hall–Kier alpha value is -2.48. The van der Waals surface area contributed by atoms with Gasteiger partial charge in [-0.2, -0.15) is 9.61 Å². The molecule has 1 N–H and O–H groups in total. The maximum Gasteiger partial charge on any atom is 0.325 e. The number of fused-ring (bicyclic) bond motifs is 1. The minimum absolute atomic E-state index is 0.0379. The van der Waals surface area contributed by atoms with E-state index in [0.717, 1.165) is 0 Å². The van der Waals surface area contributed by atoms with Crippen molar-refractivity contribution in [1.29, 1.82) is 0 Å². The van der Waals surface area contributed by atoms with Crippen LogP contribution in [-0.2, 0) is 9.53 Å². The zero-order valence-electron chi connectivity index (χ0n) is 12.1. The number of benzene rings is 1. The highest BCUT2D eigenvalue weighted by molar-refractivity contribution is 9.10. The SMILES string of the molecule is COC(=O)CNc1cc(-c2ccccc2F)nc2c(Br)cnn12. The van der Waals surface area contributed by atoms with E-state index in [1.54, 1.807) is 30.5 Å². The zero-order chi connectivity index (χ0) is 16.4. The van der Waals surface area contributed by atoms with Gasteiger partial charge in [0.1, 0.15) is 18.2 Å². The molecule has 0 bridgehead atoms. The number of nitrogens with zero attached hydrogens (tertiary/aromatic N) is 3. The molecule has 2 aromatic heterocycles. The third-order valence-corrected chi connectivity index (χ3v) is 3.78. The first-order valence-electron chi connectivity index (χ1n) is 6.70. The second-order valence-electron chi connectivity index (χ2n) is 4.66. The van der Waals surface area contributed by atoms with Crippen molar-refractivity contribution in [2.75, 3.05) is 19.0 Å². The number of carbonyl (C=O) groups excluding carboxylic acids is 1. The molecule has 0 saturated heterocycles. The second kappa shape index (κ2) is 6.33. The van der Waals surface area contributed by atoms with Crippen LogP contribution in [0.3, 0.4) is 0 Å². The van der Waals surface area contributed by atoms with Crippen molar-refractivity contribution in [2.45, 2.75) is 0 Å². The summed E-state index contributed by atoms with van der Waals surface area (Å²) < 4.78 is 20.8. The molecule has 0 aliphatic carbocycles. The largest absolute Gasteiger partial charge is 0.468 e. The van der Waals surface area contributed by atoms with Gasteiger partial charge < -0.3 is 10.1 Å². The number of aromatic nitrogens is 3. The number of carbonyl (C=O) groups is 1. The van der Waals surface area contributed by atoms with Crippen molar-refractivity contribution in [3.05, 3.63) is 46.8 Å². The van der Waals surface area contributed by atoms with E-state index in [4.69, 9.17) is 0 Å². The van der Waals surface area contributed by atoms with E-state index in [0.29, 0.717) is 27.2 Å². The summed E-state index contributed by atoms with van der Waals surface area (Å²) in [6, 6.07) is 7.99. The first-order chi connectivity index (χ1) is 11.1. The number of methoxy groups -OCH3 is 1. The summed E-state index contributed by atoms with van der Waals surface area (Å²) in [6.07, 6.45) is 1.58. The van der Waals surface area contributed by atoms with Crippen LogP contribution < -0.4 is 5.32 Å². The van der Waals surface area contributed by atoms with Gasteiger partial charge in [-0.1, -0.05) is 12.1 Å². The lowest BCUT2D eigenvalue weighted by Crippen LogP contribution is -2.17. The van der Waals surface area contributed by atoms with Crippen LogP contribution in [0.4, 0.5) is 10.2 Å². The van der Waals surface area contributed by atoms with Crippen LogP contribution in [0, 0.1) is 5.82 Å². The number of hydrogen-bond donors (Lipinski definition) is 1. The van der Waals surface area contributed by atoms with E-state index in [-0.39, 0.29) is 12.4 Å². The normalized spacial score (nSPS) is 10.7. The molecule has 0 unspecified atom stereocenters. The molecule has 0 fully saturated rings. The van der Waals surface area contributed by atoms with E-state index < -0.39 is 5.97 Å². The van der Waals surface area contributed by atoms with Crippen LogP contribution in [0.5, 0.6) is 0 Å². The number of ether oxygens (including phenoxy) is 1. The van der Waals surface area contributed by atoms with Gasteiger partial charge in [0.25, 0.3) is 0 Å². The monoisotopic (exact) mass is 378 g/mol. The second-order valence-corrected chi connectivity index (χ2v) is 5.52. The minimum Gasteiger partial charge on any atom is -0.468 e. The smallest absolute Gasteiger partial charge is 0.325 e. The molecular weight excluding hydrogens is 367 g/mol. The Kier molecular flexibility index (Phi) is 4.24. The van der Waals surface area contributed by atoms with Gasteiger partial charge in [0.15, 0.2) is 5.65 Å². The lowest BCUT2D eigenvalue weighted by atomic mass is 10.1. The fourth-order valence-electron chi connectivity index (χ4n) is 2.10. The summed E-state index contributed by atoms with van der Waals surface area (Å²) in [4.78, 5) is 15.8. The highest BCUT2D eigenvalue weighted by atomic mass is 79.9. The Bertz CT molecular complexity index is 881. The topological polar surface area (TPSA) is 68.5 Å². The molecule has 0 amide bonds. The molecule has 0 radical (unpaired) electrons. The Morgan fingerprint density at radius 3 is 2.96 bits per heavy atom. The molecule has 23 heavy (non-hydrogen) atoms. The van der Waals surface area contributed by atoms with Gasteiger partial charge in [-0.3, -0.25) is 4.79 Å². The molecule has 3 rings (SSSR count). The van der Waals surface area contributed by atoms with E-state index in [9.17, 15) is 9.18 Å². The lowest BCUT2D eigenvalue weighted by molar-refractivity contribution is -0.138. The third-order valence-electron chi connectivity index (χ3n) is 3.22. The quantitative estimate of drug-likeness (QED) is 0.706. The molecule has 0 atom stereocenters. The highest BCUT2D eigenvalue weighted by Gasteiger charge is 2.14. The van der Waals surface area contributed by atoms with Gasteiger partial charge in [0.2, 0.25) is 0 Å². The molecule has 0 spiro atoms. The fraction of sp³-hybridized carbons (Fsp3) is 0.133. The third kappa shape index (κ3) is 3.02. The first-order valence-corrected chi connectivity index (χ1v) is 7.49. The van der Waals surface area contributed by atoms with Crippen LogP contribution in [-0.4, -0.2) is 34.2 Å². The maximum absolute atomic E-state index is 14.0. The molecule has 118 valence electrons. The molecule has 1 aromatic carbocycles. The van der Waals surface area contributed by atoms with E-state index in [1.165, 1.54) is 17.7 Å². The zero-order valence-corrected chi connectivity index (χ0v) is 13.7. The van der Waals surface area contributed by atoms with Crippen LogP contribution in [0.1, 0.15) is 0 Å². The van der Waals surface area contributed by atoms with Crippen molar-refractivity contribution in [3.63, 3.8) is 0 Å². The standard InChI is InChI=1S/C15H12BrFN4O2/c1-23-14(22)8-18-13-6-12(9-4-2-3-5-11(9)17)20-15-10(16)7-19-21(13)15/h2-7,18H,8H2,1H3. The van der Waals surface area contributed by atoms with Gasteiger partial charge in [-0.05, 0) is 28.1 Å². The average Bonchev–Trinajstić information content (AvgIpc) is 2.94. The number of hydrogen-bond acceptors (Lipinski definition) is 5. The summed E-state index contributed by atoms with van der Waals surface area (Å²) in [5.41, 5.74) is 1.31. The molecule has 0 aliphatic heterocycles. The van der Waals surface area contributed by atoms with Crippen molar-refractivity contribution in [2.24, 2.45) is 0 Å². The van der Waals surface area contributed by atoms with Gasteiger partial charge in [-0.15, -0.1) is 0 Å². The lowest BCUT2D eigenvalue weighted by Gasteiger charge is -2.10. The van der Waals surface area contributed by atoms with Crippen molar-refractivity contribution in [3.8, 4) is 11.3 Å². The van der Waals surface area contributed by atoms with Crippen LogP contribution in [0.2, 0.25) is 0 Å². The summed E-state index contributed by atoms with van der Waals surface area (Å²) in [7, 11) is 1.31. The maximum atomic E-state index is 14.0. The van der Waals surface area contributed by atoms with Crippen LogP contribution in [0.25, 0.3) is 16.9 Å². The first kappa shape index (κ1) is 15.4.